The van der Waals surface area contributed by atoms with Crippen LogP contribution < -0.4 is 5.32 Å². The van der Waals surface area contributed by atoms with E-state index in [-0.39, 0.29) is 17.9 Å². The molecule has 1 unspecified atom stereocenters. The molecule has 1 rings (SSSR count). The summed E-state index contributed by atoms with van der Waals surface area (Å²) < 4.78 is 4.88. The Labute approximate surface area is 109 Å². The highest BCUT2D eigenvalue weighted by Gasteiger charge is 2.39. The van der Waals surface area contributed by atoms with Gasteiger partial charge in [0.25, 0.3) is 0 Å². The second kappa shape index (κ2) is 7.07. The van der Waals surface area contributed by atoms with Crippen molar-refractivity contribution in [2.45, 2.75) is 32.3 Å². The van der Waals surface area contributed by atoms with E-state index in [0.29, 0.717) is 6.54 Å². The molecule has 0 saturated carbocycles. The number of methoxy groups -OCH3 is 1. The Kier molecular flexibility index (Phi) is 6.05. The molecule has 0 aromatic rings. The molecule has 1 amide bonds. The van der Waals surface area contributed by atoms with Crippen molar-refractivity contribution in [3.05, 3.63) is 0 Å². The predicted octanol–water partition coefficient (Wildman–Crippen LogP) is 0.232. The number of carbonyl (C=O) groups excluding carboxylic acids is 1. The van der Waals surface area contributed by atoms with E-state index in [1.165, 1.54) is 0 Å². The molecule has 106 valence electrons. The number of amides is 1. The largest absolute Gasteiger partial charge is 0.389 e. The van der Waals surface area contributed by atoms with Crippen molar-refractivity contribution in [1.82, 2.24) is 10.2 Å². The minimum atomic E-state index is -0.612. The minimum Gasteiger partial charge on any atom is -0.389 e. The zero-order valence-electron chi connectivity index (χ0n) is 11.7. The van der Waals surface area contributed by atoms with Gasteiger partial charge in [0, 0.05) is 20.7 Å². The van der Waals surface area contributed by atoms with Gasteiger partial charge >= 0.3 is 0 Å². The maximum atomic E-state index is 12.5. The van der Waals surface area contributed by atoms with Crippen LogP contribution in [0.2, 0.25) is 0 Å². The van der Waals surface area contributed by atoms with E-state index in [0.717, 1.165) is 32.4 Å². The zero-order valence-corrected chi connectivity index (χ0v) is 11.7. The van der Waals surface area contributed by atoms with Crippen LogP contribution in [-0.2, 0) is 9.53 Å². The SMILES string of the molecule is CCC1(C(=O)N(C)CC(O)COC)CCNCC1. The third-order valence-corrected chi connectivity index (χ3v) is 3.88. The number of ether oxygens (including phenoxy) is 1. The van der Waals surface area contributed by atoms with Crippen molar-refractivity contribution in [2.75, 3.05) is 40.4 Å². The number of carbonyl (C=O) groups is 1. The lowest BCUT2D eigenvalue weighted by molar-refractivity contribution is -0.144. The molecule has 1 fully saturated rings. The normalized spacial score (nSPS) is 20.4. The van der Waals surface area contributed by atoms with Crippen LogP contribution in [0.5, 0.6) is 0 Å². The lowest BCUT2D eigenvalue weighted by Gasteiger charge is -2.38. The maximum Gasteiger partial charge on any atom is 0.228 e. The van der Waals surface area contributed by atoms with Gasteiger partial charge in [-0.15, -0.1) is 0 Å². The zero-order chi connectivity index (χ0) is 13.6. The number of rotatable bonds is 6. The summed E-state index contributed by atoms with van der Waals surface area (Å²) in [5, 5.41) is 13.0. The molecule has 0 aliphatic carbocycles. The highest BCUT2D eigenvalue weighted by atomic mass is 16.5. The van der Waals surface area contributed by atoms with Crippen molar-refractivity contribution >= 4 is 5.91 Å². The van der Waals surface area contributed by atoms with Crippen molar-refractivity contribution in [2.24, 2.45) is 5.41 Å². The molecule has 1 atom stereocenters. The smallest absolute Gasteiger partial charge is 0.228 e. The fraction of sp³-hybridized carbons (Fsp3) is 0.923. The molecule has 0 aromatic heterocycles. The van der Waals surface area contributed by atoms with Gasteiger partial charge < -0.3 is 20.1 Å². The highest BCUT2D eigenvalue weighted by Crippen LogP contribution is 2.34. The fourth-order valence-corrected chi connectivity index (χ4v) is 2.67. The number of nitrogens with one attached hydrogen (secondary N) is 1. The number of aliphatic hydroxyl groups is 1. The van der Waals surface area contributed by atoms with Crippen LogP contribution in [0.25, 0.3) is 0 Å². The van der Waals surface area contributed by atoms with Crippen LogP contribution in [-0.4, -0.2) is 62.4 Å². The summed E-state index contributed by atoms with van der Waals surface area (Å²) in [5.41, 5.74) is -0.243. The molecule has 1 heterocycles. The molecule has 0 radical (unpaired) electrons. The number of nitrogens with zero attached hydrogens (tertiary/aromatic N) is 1. The van der Waals surface area contributed by atoms with Crippen LogP contribution in [0.4, 0.5) is 0 Å². The molecule has 5 nitrogen and oxygen atoms in total. The standard InChI is InChI=1S/C13H26N2O3/c1-4-13(5-7-14-8-6-13)12(17)15(2)9-11(16)10-18-3/h11,14,16H,4-10H2,1-3H3. The Morgan fingerprint density at radius 2 is 2.11 bits per heavy atom. The quantitative estimate of drug-likeness (QED) is 0.716. The van der Waals surface area contributed by atoms with Crippen molar-refractivity contribution in [1.29, 1.82) is 0 Å². The van der Waals surface area contributed by atoms with Crippen LogP contribution >= 0.6 is 0 Å². The molecular formula is C13H26N2O3. The number of piperidine rings is 1. The Hall–Kier alpha value is -0.650. The highest BCUT2D eigenvalue weighted by molar-refractivity contribution is 5.82. The first kappa shape index (κ1) is 15.4. The Morgan fingerprint density at radius 1 is 1.50 bits per heavy atom. The number of hydrogen-bond donors (Lipinski definition) is 2. The molecule has 18 heavy (non-hydrogen) atoms. The number of hydrogen-bond acceptors (Lipinski definition) is 4. The summed E-state index contributed by atoms with van der Waals surface area (Å²) in [7, 11) is 3.31. The Balaban J connectivity index is 2.59. The van der Waals surface area contributed by atoms with Crippen molar-refractivity contribution in [3.63, 3.8) is 0 Å². The first-order chi connectivity index (χ1) is 8.55. The van der Waals surface area contributed by atoms with Crippen molar-refractivity contribution in [3.8, 4) is 0 Å². The summed E-state index contributed by atoms with van der Waals surface area (Å²) >= 11 is 0. The first-order valence-electron chi connectivity index (χ1n) is 6.69. The van der Waals surface area contributed by atoms with Crippen LogP contribution in [0.15, 0.2) is 0 Å². The van der Waals surface area contributed by atoms with Crippen LogP contribution in [0.1, 0.15) is 26.2 Å². The van der Waals surface area contributed by atoms with Gasteiger partial charge in [-0.25, -0.2) is 0 Å². The van der Waals surface area contributed by atoms with E-state index in [4.69, 9.17) is 4.74 Å². The predicted molar refractivity (Wildman–Crippen MR) is 70.3 cm³/mol. The Morgan fingerprint density at radius 3 is 2.61 bits per heavy atom. The minimum absolute atomic E-state index is 0.154. The van der Waals surface area contributed by atoms with Gasteiger partial charge in [0.05, 0.1) is 18.1 Å². The number of aliphatic hydroxyl groups excluding tert-OH is 1. The average Bonchev–Trinajstić information content (AvgIpc) is 2.38. The summed E-state index contributed by atoms with van der Waals surface area (Å²) in [5.74, 6) is 0.154. The third kappa shape index (κ3) is 3.67. The van der Waals surface area contributed by atoms with Gasteiger partial charge in [-0.2, -0.15) is 0 Å². The molecule has 0 bridgehead atoms. The third-order valence-electron chi connectivity index (χ3n) is 3.88. The van der Waals surface area contributed by atoms with Gasteiger partial charge in [-0.1, -0.05) is 6.92 Å². The van der Waals surface area contributed by atoms with Gasteiger partial charge in [0.2, 0.25) is 5.91 Å². The molecular weight excluding hydrogens is 232 g/mol. The Bertz CT molecular complexity index is 265. The second-order valence-electron chi connectivity index (χ2n) is 5.18. The number of likely N-dealkylation sites (N-methyl/N-ethyl adjacent to an activating group) is 1. The average molecular weight is 258 g/mol. The van der Waals surface area contributed by atoms with E-state index >= 15 is 0 Å². The lowest BCUT2D eigenvalue weighted by Crippen LogP contribution is -2.49. The van der Waals surface area contributed by atoms with E-state index in [1.54, 1.807) is 19.1 Å². The fourth-order valence-electron chi connectivity index (χ4n) is 2.67. The van der Waals surface area contributed by atoms with Gasteiger partial charge in [-0.05, 0) is 32.4 Å². The molecule has 0 aromatic carbocycles. The first-order valence-corrected chi connectivity index (χ1v) is 6.69. The molecule has 0 spiro atoms. The van der Waals surface area contributed by atoms with E-state index in [2.05, 4.69) is 12.2 Å². The van der Waals surface area contributed by atoms with Crippen molar-refractivity contribution < 1.29 is 14.6 Å². The second-order valence-corrected chi connectivity index (χ2v) is 5.18. The summed E-state index contributed by atoms with van der Waals surface area (Å²) in [4.78, 5) is 14.2. The molecule has 2 N–H and O–H groups in total. The summed E-state index contributed by atoms with van der Waals surface area (Å²) in [6.07, 6.45) is 2.01. The van der Waals surface area contributed by atoms with Gasteiger partial charge in [0.1, 0.15) is 0 Å². The monoisotopic (exact) mass is 258 g/mol. The maximum absolute atomic E-state index is 12.5. The van der Waals surface area contributed by atoms with Gasteiger partial charge in [-0.3, -0.25) is 4.79 Å². The van der Waals surface area contributed by atoms with E-state index in [9.17, 15) is 9.90 Å². The van der Waals surface area contributed by atoms with Crippen LogP contribution in [0, 0.1) is 5.41 Å². The van der Waals surface area contributed by atoms with E-state index < -0.39 is 6.10 Å². The molecule has 1 saturated heterocycles. The van der Waals surface area contributed by atoms with Gasteiger partial charge in [0.15, 0.2) is 0 Å². The summed E-state index contributed by atoms with van der Waals surface area (Å²) in [6, 6.07) is 0. The van der Waals surface area contributed by atoms with E-state index in [1.807, 2.05) is 0 Å². The molecule has 1 aliphatic rings. The molecule has 5 heteroatoms. The molecule has 1 aliphatic heterocycles. The topological polar surface area (TPSA) is 61.8 Å². The summed E-state index contributed by atoms with van der Waals surface area (Å²) in [6.45, 7) is 4.46. The van der Waals surface area contributed by atoms with Crippen LogP contribution in [0.3, 0.4) is 0 Å². The lowest BCUT2D eigenvalue weighted by atomic mass is 9.75.